The normalized spacial score (nSPS) is 17.4. The number of hydrogen-bond acceptors (Lipinski definition) is 6. The summed E-state index contributed by atoms with van der Waals surface area (Å²) in [6, 6.07) is 11.9. The van der Waals surface area contributed by atoms with Crippen LogP contribution < -0.4 is 16.0 Å². The van der Waals surface area contributed by atoms with Crippen LogP contribution in [-0.2, 0) is 22.3 Å². The molecule has 2 amide bonds. The number of aromatic nitrogens is 2. The summed E-state index contributed by atoms with van der Waals surface area (Å²) in [6.45, 7) is 2.20. The number of carbonyl (C=O) groups is 2. The molecule has 8 nitrogen and oxygen atoms in total. The number of alkyl halides is 3. The first-order chi connectivity index (χ1) is 17.2. The molecule has 0 bridgehead atoms. The minimum absolute atomic E-state index is 0.0266. The number of para-hydroxylation sites is 1. The van der Waals surface area contributed by atoms with E-state index in [9.17, 15) is 22.8 Å². The summed E-state index contributed by atoms with van der Waals surface area (Å²) >= 11 is 0. The number of benzene rings is 2. The highest BCUT2D eigenvalue weighted by atomic mass is 19.4. The first-order valence-electron chi connectivity index (χ1n) is 11.2. The quantitative estimate of drug-likeness (QED) is 0.457. The third-order valence-corrected chi connectivity index (χ3v) is 5.77. The number of ether oxygens (including phenoxy) is 1. The van der Waals surface area contributed by atoms with E-state index in [0.717, 1.165) is 11.6 Å². The Morgan fingerprint density at radius 2 is 1.75 bits per heavy atom. The van der Waals surface area contributed by atoms with Gasteiger partial charge in [-0.15, -0.1) is 0 Å². The molecule has 0 unspecified atom stereocenters. The zero-order valence-corrected chi connectivity index (χ0v) is 19.4. The van der Waals surface area contributed by atoms with Crippen LogP contribution in [0.5, 0.6) is 0 Å². The lowest BCUT2D eigenvalue weighted by Crippen LogP contribution is -2.59. The van der Waals surface area contributed by atoms with Crippen LogP contribution in [0.1, 0.15) is 33.7 Å². The Balaban J connectivity index is 1.38. The molecule has 3 aromatic rings. The second-order valence-electron chi connectivity index (χ2n) is 8.41. The standard InChI is InChI=1S/C25H24F3N5O3/c1-16-29-13-18(14-30-16)22(34)33-24(10-11-36-15-24)23(35)31-12-17-6-8-19(9-7-17)32-21-5-3-2-4-20(21)25(26,27)28/h2-9,13-14,32H,10-12,15H2,1H3,(H,31,35)(H,33,34)/t24-/m0/s1. The second kappa shape index (κ2) is 10.3. The van der Waals surface area contributed by atoms with E-state index in [1.54, 1.807) is 31.2 Å². The molecule has 1 aliphatic heterocycles. The Morgan fingerprint density at radius 3 is 2.39 bits per heavy atom. The van der Waals surface area contributed by atoms with Crippen molar-refractivity contribution in [2.24, 2.45) is 0 Å². The molecule has 1 saturated heterocycles. The van der Waals surface area contributed by atoms with E-state index in [1.807, 2.05) is 0 Å². The summed E-state index contributed by atoms with van der Waals surface area (Å²) in [5.41, 5.74) is -0.617. The predicted molar refractivity (Wildman–Crippen MR) is 125 cm³/mol. The fraction of sp³-hybridized carbons (Fsp3) is 0.280. The molecule has 0 radical (unpaired) electrons. The van der Waals surface area contributed by atoms with Crippen LogP contribution >= 0.6 is 0 Å². The summed E-state index contributed by atoms with van der Waals surface area (Å²) in [5, 5.41) is 8.35. The largest absolute Gasteiger partial charge is 0.418 e. The number of hydrogen-bond donors (Lipinski definition) is 3. The number of carbonyl (C=O) groups excluding carboxylic acids is 2. The van der Waals surface area contributed by atoms with Crippen LogP contribution in [0, 0.1) is 6.92 Å². The van der Waals surface area contributed by atoms with Crippen molar-refractivity contribution in [1.82, 2.24) is 20.6 Å². The Morgan fingerprint density at radius 1 is 1.06 bits per heavy atom. The molecule has 36 heavy (non-hydrogen) atoms. The van der Waals surface area contributed by atoms with E-state index in [4.69, 9.17) is 4.74 Å². The molecule has 0 saturated carbocycles. The van der Waals surface area contributed by atoms with Gasteiger partial charge < -0.3 is 20.7 Å². The zero-order valence-electron chi connectivity index (χ0n) is 19.4. The monoisotopic (exact) mass is 499 g/mol. The van der Waals surface area contributed by atoms with E-state index in [0.29, 0.717) is 24.5 Å². The van der Waals surface area contributed by atoms with Crippen LogP contribution in [0.2, 0.25) is 0 Å². The van der Waals surface area contributed by atoms with Gasteiger partial charge in [0.15, 0.2) is 0 Å². The van der Waals surface area contributed by atoms with E-state index in [1.165, 1.54) is 30.6 Å². The van der Waals surface area contributed by atoms with Crippen molar-refractivity contribution in [3.63, 3.8) is 0 Å². The highest BCUT2D eigenvalue weighted by molar-refractivity contribution is 5.99. The maximum atomic E-state index is 13.2. The molecule has 1 fully saturated rings. The number of anilines is 2. The van der Waals surface area contributed by atoms with Crippen molar-refractivity contribution in [3.05, 3.63) is 83.4 Å². The molecule has 11 heteroatoms. The zero-order chi connectivity index (χ0) is 25.8. The van der Waals surface area contributed by atoms with Crippen LogP contribution in [0.3, 0.4) is 0 Å². The topological polar surface area (TPSA) is 105 Å². The highest BCUT2D eigenvalue weighted by Gasteiger charge is 2.43. The van der Waals surface area contributed by atoms with Gasteiger partial charge in [0, 0.05) is 37.7 Å². The van der Waals surface area contributed by atoms with Gasteiger partial charge in [-0.3, -0.25) is 9.59 Å². The number of halogens is 3. The minimum Gasteiger partial charge on any atom is -0.378 e. The number of nitrogens with zero attached hydrogens (tertiary/aromatic N) is 2. The van der Waals surface area contributed by atoms with Crippen molar-refractivity contribution in [1.29, 1.82) is 0 Å². The summed E-state index contributed by atoms with van der Waals surface area (Å²) in [5.74, 6) is -0.359. The number of amides is 2. The van der Waals surface area contributed by atoms with Crippen molar-refractivity contribution in [2.45, 2.75) is 31.6 Å². The lowest BCUT2D eigenvalue weighted by atomic mass is 9.96. The van der Waals surface area contributed by atoms with Gasteiger partial charge in [0.1, 0.15) is 11.4 Å². The van der Waals surface area contributed by atoms with Crippen LogP contribution in [0.4, 0.5) is 24.5 Å². The van der Waals surface area contributed by atoms with E-state index in [-0.39, 0.29) is 24.4 Å². The molecule has 188 valence electrons. The van der Waals surface area contributed by atoms with Crippen molar-refractivity contribution in [3.8, 4) is 0 Å². The fourth-order valence-electron chi connectivity index (χ4n) is 3.75. The summed E-state index contributed by atoms with van der Waals surface area (Å²) in [4.78, 5) is 33.7. The first kappa shape index (κ1) is 25.1. The van der Waals surface area contributed by atoms with Crippen LogP contribution in [0.25, 0.3) is 0 Å². The van der Waals surface area contributed by atoms with Crippen molar-refractivity contribution in [2.75, 3.05) is 18.5 Å². The summed E-state index contributed by atoms with van der Waals surface area (Å²) in [7, 11) is 0. The Bertz CT molecular complexity index is 1220. The Kier molecular flexibility index (Phi) is 7.20. The molecule has 1 atom stereocenters. The molecule has 2 aromatic carbocycles. The maximum absolute atomic E-state index is 13.2. The molecule has 4 rings (SSSR count). The van der Waals surface area contributed by atoms with Gasteiger partial charge in [0.25, 0.3) is 5.91 Å². The molecular formula is C25H24F3N5O3. The number of nitrogens with one attached hydrogen (secondary N) is 3. The molecule has 1 aliphatic rings. The number of aryl methyl sites for hydroxylation is 1. The molecule has 1 aromatic heterocycles. The van der Waals surface area contributed by atoms with Gasteiger partial charge in [0.05, 0.1) is 23.4 Å². The molecule has 2 heterocycles. The van der Waals surface area contributed by atoms with E-state index < -0.39 is 29.1 Å². The highest BCUT2D eigenvalue weighted by Crippen LogP contribution is 2.35. The van der Waals surface area contributed by atoms with Gasteiger partial charge in [-0.1, -0.05) is 24.3 Å². The summed E-state index contributed by atoms with van der Waals surface area (Å²) in [6.07, 6.45) is -1.39. The second-order valence-corrected chi connectivity index (χ2v) is 8.41. The fourth-order valence-corrected chi connectivity index (χ4v) is 3.75. The average molecular weight is 499 g/mol. The van der Waals surface area contributed by atoms with Gasteiger partial charge in [-0.25, -0.2) is 9.97 Å². The molecule has 3 N–H and O–H groups in total. The Hall–Kier alpha value is -3.99. The lowest BCUT2D eigenvalue weighted by Gasteiger charge is -2.27. The predicted octanol–water partition coefficient (Wildman–Crippen LogP) is 3.75. The number of rotatable bonds is 7. The molecular weight excluding hydrogens is 475 g/mol. The van der Waals surface area contributed by atoms with Crippen LogP contribution in [-0.4, -0.2) is 40.5 Å². The van der Waals surface area contributed by atoms with E-state index in [2.05, 4.69) is 25.9 Å². The maximum Gasteiger partial charge on any atom is 0.418 e. The Labute approximate surface area is 205 Å². The summed E-state index contributed by atoms with van der Waals surface area (Å²) < 4.78 is 45.1. The third kappa shape index (κ3) is 5.80. The van der Waals surface area contributed by atoms with Crippen LogP contribution in [0.15, 0.2) is 60.9 Å². The third-order valence-electron chi connectivity index (χ3n) is 5.77. The van der Waals surface area contributed by atoms with Gasteiger partial charge in [0.2, 0.25) is 5.91 Å². The SMILES string of the molecule is Cc1ncc(C(=O)N[C@@]2(C(=O)NCc3ccc(Nc4ccccc4C(F)(F)F)cc3)CCOC2)cn1. The minimum atomic E-state index is -4.48. The first-order valence-corrected chi connectivity index (χ1v) is 11.2. The van der Waals surface area contributed by atoms with E-state index >= 15 is 0 Å². The van der Waals surface area contributed by atoms with Crippen molar-refractivity contribution < 1.29 is 27.5 Å². The van der Waals surface area contributed by atoms with Gasteiger partial charge in [-0.05, 0) is 36.8 Å². The lowest BCUT2D eigenvalue weighted by molar-refractivity contribution is -0.137. The van der Waals surface area contributed by atoms with Crippen molar-refractivity contribution >= 4 is 23.2 Å². The average Bonchev–Trinajstić information content (AvgIpc) is 3.33. The smallest absolute Gasteiger partial charge is 0.378 e. The molecule has 0 spiro atoms. The van der Waals surface area contributed by atoms with Gasteiger partial charge >= 0.3 is 6.18 Å². The van der Waals surface area contributed by atoms with Gasteiger partial charge in [-0.2, -0.15) is 13.2 Å². The molecule has 0 aliphatic carbocycles.